The zero-order valence-corrected chi connectivity index (χ0v) is 27.3. The van der Waals surface area contributed by atoms with E-state index in [-0.39, 0.29) is 28.5 Å². The standard InChI is InChI=1S/C35H29Cl3N4O4/c1-18-4-8-20(9-5-18)31-29(34(43)41-39-31)28(30-32(40-42-35(30)44)21-10-6-19(2)7-11-21)23-14-26(38)33(27(15-23)45-3)46-17-22-12-13-24(36)16-25(22)37/h4-16,28H,17H2,1-3H3,(H2,39,41,43)(H2,40,42,44). The molecule has 6 aromatic rings. The summed E-state index contributed by atoms with van der Waals surface area (Å²) in [5, 5.41) is 12.7. The van der Waals surface area contributed by atoms with Gasteiger partial charge in [-0.05, 0) is 54.8 Å². The maximum absolute atomic E-state index is 13.7. The van der Waals surface area contributed by atoms with Crippen LogP contribution in [0, 0.1) is 13.8 Å². The van der Waals surface area contributed by atoms with Crippen molar-refractivity contribution < 1.29 is 9.47 Å². The lowest BCUT2D eigenvalue weighted by molar-refractivity contribution is 0.284. The SMILES string of the molecule is COc1cc(C(c2c(-c3ccc(C)cc3)[nH][nH]c2=O)c2c(-c3ccc(C)cc3)[nH][nH]c2=O)cc(Cl)c1OCc1ccc(Cl)cc1Cl. The van der Waals surface area contributed by atoms with Gasteiger partial charge in [0.15, 0.2) is 11.5 Å². The molecule has 0 radical (unpaired) electrons. The molecule has 0 spiro atoms. The molecule has 0 fully saturated rings. The largest absolute Gasteiger partial charge is 0.493 e. The highest BCUT2D eigenvalue weighted by molar-refractivity contribution is 6.35. The van der Waals surface area contributed by atoms with Gasteiger partial charge in [0.05, 0.1) is 34.6 Å². The molecule has 0 amide bonds. The van der Waals surface area contributed by atoms with Crippen molar-refractivity contribution in [3.05, 3.63) is 148 Å². The smallest absolute Gasteiger partial charge is 0.268 e. The van der Waals surface area contributed by atoms with Crippen molar-refractivity contribution >= 4 is 34.8 Å². The van der Waals surface area contributed by atoms with Crippen molar-refractivity contribution in [1.82, 2.24) is 20.4 Å². The van der Waals surface area contributed by atoms with Crippen LogP contribution in [0.2, 0.25) is 15.1 Å². The van der Waals surface area contributed by atoms with E-state index in [0.717, 1.165) is 22.3 Å². The summed E-state index contributed by atoms with van der Waals surface area (Å²) in [6.45, 7) is 4.07. The molecule has 0 aliphatic rings. The van der Waals surface area contributed by atoms with Crippen LogP contribution >= 0.6 is 34.8 Å². The van der Waals surface area contributed by atoms with Crippen molar-refractivity contribution in [1.29, 1.82) is 0 Å². The van der Waals surface area contributed by atoms with E-state index in [2.05, 4.69) is 20.4 Å². The van der Waals surface area contributed by atoms with Gasteiger partial charge in [-0.2, -0.15) is 0 Å². The summed E-state index contributed by atoms with van der Waals surface area (Å²) in [4.78, 5) is 27.4. The topological polar surface area (TPSA) is 116 Å². The molecule has 4 N–H and O–H groups in total. The number of methoxy groups -OCH3 is 1. The number of aryl methyl sites for hydroxylation is 2. The number of benzene rings is 4. The van der Waals surface area contributed by atoms with Crippen LogP contribution in [-0.4, -0.2) is 27.5 Å². The number of aromatic nitrogens is 4. The van der Waals surface area contributed by atoms with Crippen LogP contribution in [-0.2, 0) is 6.61 Å². The second-order valence-corrected chi connectivity index (χ2v) is 12.2. The molecule has 0 atom stereocenters. The molecule has 6 rings (SSSR count). The van der Waals surface area contributed by atoms with Gasteiger partial charge in [-0.3, -0.25) is 30.0 Å². The van der Waals surface area contributed by atoms with E-state index in [1.807, 2.05) is 62.4 Å². The van der Waals surface area contributed by atoms with Crippen molar-refractivity contribution in [2.75, 3.05) is 7.11 Å². The van der Waals surface area contributed by atoms with Gasteiger partial charge >= 0.3 is 0 Å². The molecular weight excluding hydrogens is 647 g/mol. The highest BCUT2D eigenvalue weighted by Gasteiger charge is 2.32. The molecule has 0 saturated carbocycles. The normalized spacial score (nSPS) is 11.3. The predicted molar refractivity (Wildman–Crippen MR) is 183 cm³/mol. The lowest BCUT2D eigenvalue weighted by atomic mass is 9.82. The van der Waals surface area contributed by atoms with E-state index in [1.165, 1.54) is 7.11 Å². The highest BCUT2D eigenvalue weighted by atomic mass is 35.5. The van der Waals surface area contributed by atoms with Gasteiger partial charge in [0.25, 0.3) is 11.1 Å². The Morgan fingerprint density at radius 1 is 0.674 bits per heavy atom. The summed E-state index contributed by atoms with van der Waals surface area (Å²) in [5.41, 5.74) is 5.89. The van der Waals surface area contributed by atoms with Gasteiger partial charge in [0.2, 0.25) is 0 Å². The minimum absolute atomic E-state index is 0.0962. The van der Waals surface area contributed by atoms with Gasteiger partial charge in [-0.15, -0.1) is 0 Å². The Balaban J connectivity index is 1.54. The van der Waals surface area contributed by atoms with Gasteiger partial charge in [0, 0.05) is 21.5 Å². The molecule has 4 aromatic carbocycles. The number of H-pyrrole nitrogens is 4. The van der Waals surface area contributed by atoms with E-state index >= 15 is 0 Å². The van der Waals surface area contributed by atoms with E-state index in [4.69, 9.17) is 44.3 Å². The van der Waals surface area contributed by atoms with Crippen LogP contribution in [0.25, 0.3) is 22.5 Å². The number of halogens is 3. The Kier molecular flexibility index (Phi) is 8.86. The summed E-state index contributed by atoms with van der Waals surface area (Å²) in [5.74, 6) is -0.296. The maximum Gasteiger partial charge on any atom is 0.268 e. The molecule has 0 aliphatic carbocycles. The molecule has 0 saturated heterocycles. The van der Waals surface area contributed by atoms with Crippen molar-refractivity contribution in [2.24, 2.45) is 0 Å². The molecule has 11 heteroatoms. The lowest BCUT2D eigenvalue weighted by Gasteiger charge is -2.21. The molecular formula is C35H29Cl3N4O4. The van der Waals surface area contributed by atoms with Crippen LogP contribution in [0.1, 0.15) is 39.3 Å². The Bertz CT molecular complexity index is 2050. The summed E-state index contributed by atoms with van der Waals surface area (Å²) in [7, 11) is 1.49. The number of hydrogen-bond acceptors (Lipinski definition) is 4. The second kappa shape index (κ2) is 13.0. The van der Waals surface area contributed by atoms with E-state index in [9.17, 15) is 9.59 Å². The molecule has 0 unspecified atom stereocenters. The van der Waals surface area contributed by atoms with Crippen molar-refractivity contribution in [2.45, 2.75) is 26.4 Å². The molecule has 2 aromatic heterocycles. The first-order valence-electron chi connectivity index (χ1n) is 14.3. The minimum Gasteiger partial charge on any atom is -0.493 e. The van der Waals surface area contributed by atoms with Crippen molar-refractivity contribution in [3.8, 4) is 34.0 Å². The van der Waals surface area contributed by atoms with Crippen LogP contribution in [0.4, 0.5) is 0 Å². The number of nitrogens with one attached hydrogen (secondary N) is 4. The average Bonchev–Trinajstić information content (AvgIpc) is 3.60. The zero-order valence-electron chi connectivity index (χ0n) is 25.1. The Morgan fingerprint density at radius 2 is 1.22 bits per heavy atom. The summed E-state index contributed by atoms with van der Waals surface area (Å²) < 4.78 is 11.9. The number of ether oxygens (including phenoxy) is 2. The fourth-order valence-corrected chi connectivity index (χ4v) is 6.23. The van der Waals surface area contributed by atoms with Crippen LogP contribution < -0.4 is 20.6 Å². The third-order valence-electron chi connectivity index (χ3n) is 7.86. The second-order valence-electron chi connectivity index (χ2n) is 11.0. The third kappa shape index (κ3) is 6.11. The van der Waals surface area contributed by atoms with E-state index in [0.29, 0.717) is 49.4 Å². The summed E-state index contributed by atoms with van der Waals surface area (Å²) in [6.07, 6.45) is 0. The van der Waals surface area contributed by atoms with Crippen molar-refractivity contribution in [3.63, 3.8) is 0 Å². The fraction of sp³-hybridized carbons (Fsp3) is 0.143. The quantitative estimate of drug-likeness (QED) is 0.123. The number of rotatable bonds is 9. The first-order valence-corrected chi connectivity index (χ1v) is 15.5. The van der Waals surface area contributed by atoms with E-state index < -0.39 is 5.92 Å². The molecule has 0 bridgehead atoms. The molecule has 46 heavy (non-hydrogen) atoms. The van der Waals surface area contributed by atoms with Crippen LogP contribution in [0.3, 0.4) is 0 Å². The van der Waals surface area contributed by atoms with Gasteiger partial charge in [0.1, 0.15) is 6.61 Å². The Labute approximate surface area is 279 Å². The molecule has 0 aliphatic heterocycles. The highest BCUT2D eigenvalue weighted by Crippen LogP contribution is 2.44. The van der Waals surface area contributed by atoms with Crippen LogP contribution in [0.5, 0.6) is 11.5 Å². The maximum atomic E-state index is 13.7. The van der Waals surface area contributed by atoms with Gasteiger partial charge in [-0.1, -0.05) is 101 Å². The lowest BCUT2D eigenvalue weighted by Crippen LogP contribution is -2.20. The predicted octanol–water partition coefficient (Wildman–Crippen LogP) is 8.40. The molecule has 8 nitrogen and oxygen atoms in total. The number of aromatic amines is 4. The summed E-state index contributed by atoms with van der Waals surface area (Å²) in [6, 6.07) is 24.0. The minimum atomic E-state index is -0.885. The summed E-state index contributed by atoms with van der Waals surface area (Å²) >= 11 is 19.3. The Morgan fingerprint density at radius 3 is 1.72 bits per heavy atom. The van der Waals surface area contributed by atoms with E-state index in [1.54, 1.807) is 30.3 Å². The zero-order chi connectivity index (χ0) is 32.5. The molecule has 234 valence electrons. The van der Waals surface area contributed by atoms with Gasteiger partial charge in [-0.25, -0.2) is 0 Å². The first kappa shape index (κ1) is 31.4. The third-order valence-corrected chi connectivity index (χ3v) is 8.73. The molecule has 2 heterocycles. The number of hydrogen-bond donors (Lipinski definition) is 4. The average molecular weight is 676 g/mol. The Hall–Kier alpha value is -4.63. The van der Waals surface area contributed by atoms with Crippen LogP contribution in [0.15, 0.2) is 88.5 Å². The first-order chi connectivity index (χ1) is 22.1. The van der Waals surface area contributed by atoms with Gasteiger partial charge < -0.3 is 9.47 Å². The monoisotopic (exact) mass is 674 g/mol. The fourth-order valence-electron chi connectivity index (χ4n) is 5.49.